The topological polar surface area (TPSA) is 128 Å². The van der Waals surface area contributed by atoms with Gasteiger partial charge in [-0.3, -0.25) is 4.79 Å². The second-order valence-electron chi connectivity index (χ2n) is 5.50. The maximum atomic E-state index is 12.3. The van der Waals surface area contributed by atoms with Gasteiger partial charge in [0, 0.05) is 12.6 Å². The number of nitrogen functional groups attached to an aromatic ring is 1. The number of para-hydroxylation sites is 1. The van der Waals surface area contributed by atoms with Gasteiger partial charge in [0.05, 0.1) is 6.61 Å². The zero-order valence-electron chi connectivity index (χ0n) is 15.1. The van der Waals surface area contributed by atoms with Gasteiger partial charge in [-0.05, 0) is 25.5 Å². The number of phenolic OH excluding ortho intramolecular Hbond substituents is 1. The van der Waals surface area contributed by atoms with Crippen molar-refractivity contribution in [3.63, 3.8) is 0 Å². The SMILES string of the molecule is CCOC(=O)c1c(N)sc(C(=O)NC)c1COC(=O)c1cccc(C)c1O. The van der Waals surface area contributed by atoms with E-state index in [1.54, 1.807) is 26.0 Å². The van der Waals surface area contributed by atoms with Gasteiger partial charge in [0.2, 0.25) is 0 Å². The zero-order valence-corrected chi connectivity index (χ0v) is 15.9. The van der Waals surface area contributed by atoms with Crippen LogP contribution in [0.15, 0.2) is 18.2 Å². The van der Waals surface area contributed by atoms with E-state index in [2.05, 4.69) is 5.32 Å². The predicted octanol–water partition coefficient (Wildman–Crippen LogP) is 2.24. The molecule has 144 valence electrons. The van der Waals surface area contributed by atoms with Crippen LogP contribution in [0.1, 0.15) is 48.4 Å². The number of benzene rings is 1. The standard InChI is InChI=1S/C18H20N2O6S/c1-4-25-18(24)12-11(14(16(22)20-3)27-15(12)19)8-26-17(23)10-7-5-6-9(2)13(10)21/h5-7,21H,4,8,19H2,1-3H3,(H,20,22). The fourth-order valence-electron chi connectivity index (χ4n) is 2.39. The number of esters is 2. The molecule has 0 spiro atoms. The highest BCUT2D eigenvalue weighted by molar-refractivity contribution is 7.18. The van der Waals surface area contributed by atoms with Crippen molar-refractivity contribution in [2.24, 2.45) is 0 Å². The van der Waals surface area contributed by atoms with E-state index in [-0.39, 0.29) is 45.5 Å². The fraction of sp³-hybridized carbons (Fsp3) is 0.278. The Bertz CT molecular complexity index is 890. The number of carbonyl (C=O) groups excluding carboxylic acids is 3. The molecular formula is C18H20N2O6S. The first kappa shape index (κ1) is 20.2. The lowest BCUT2D eigenvalue weighted by molar-refractivity contribution is 0.0447. The normalized spacial score (nSPS) is 10.3. The maximum absolute atomic E-state index is 12.3. The molecule has 0 bridgehead atoms. The number of anilines is 1. The van der Waals surface area contributed by atoms with E-state index >= 15 is 0 Å². The van der Waals surface area contributed by atoms with Gasteiger partial charge < -0.3 is 25.6 Å². The molecule has 0 aliphatic heterocycles. The van der Waals surface area contributed by atoms with E-state index in [9.17, 15) is 19.5 Å². The summed E-state index contributed by atoms with van der Waals surface area (Å²) >= 11 is 0.905. The molecule has 1 aromatic carbocycles. The fourth-order valence-corrected chi connectivity index (χ4v) is 3.39. The Balaban J connectivity index is 2.36. The molecule has 0 atom stereocenters. The van der Waals surface area contributed by atoms with Crippen LogP contribution in [0.3, 0.4) is 0 Å². The Morgan fingerprint density at radius 2 is 1.93 bits per heavy atom. The molecule has 0 saturated carbocycles. The Morgan fingerprint density at radius 1 is 1.22 bits per heavy atom. The summed E-state index contributed by atoms with van der Waals surface area (Å²) in [5.41, 5.74) is 6.55. The van der Waals surface area contributed by atoms with Crippen LogP contribution in [0.25, 0.3) is 0 Å². The van der Waals surface area contributed by atoms with Crippen LogP contribution in [0.4, 0.5) is 5.00 Å². The summed E-state index contributed by atoms with van der Waals surface area (Å²) in [7, 11) is 1.43. The number of rotatable bonds is 6. The summed E-state index contributed by atoms with van der Waals surface area (Å²) in [6.45, 7) is 3.03. The summed E-state index contributed by atoms with van der Waals surface area (Å²) in [6, 6.07) is 4.67. The van der Waals surface area contributed by atoms with Crippen LogP contribution < -0.4 is 11.1 Å². The van der Waals surface area contributed by atoms with Gasteiger partial charge in [-0.15, -0.1) is 11.3 Å². The molecule has 2 rings (SSSR count). The molecule has 9 heteroatoms. The minimum absolute atomic E-state index is 0.00159. The molecule has 0 radical (unpaired) electrons. The highest BCUT2D eigenvalue weighted by Crippen LogP contribution is 2.33. The van der Waals surface area contributed by atoms with E-state index in [0.717, 1.165) is 11.3 Å². The van der Waals surface area contributed by atoms with E-state index in [1.807, 2.05) is 0 Å². The van der Waals surface area contributed by atoms with Crippen LogP contribution in [0.5, 0.6) is 5.75 Å². The molecule has 0 fully saturated rings. The third kappa shape index (κ3) is 4.20. The Kier molecular flexibility index (Phi) is 6.40. The number of nitrogens with one attached hydrogen (secondary N) is 1. The molecule has 0 aliphatic rings. The van der Waals surface area contributed by atoms with Crippen molar-refractivity contribution in [1.82, 2.24) is 5.32 Å². The lowest BCUT2D eigenvalue weighted by Crippen LogP contribution is -2.20. The van der Waals surface area contributed by atoms with Crippen molar-refractivity contribution >= 4 is 34.2 Å². The third-order valence-electron chi connectivity index (χ3n) is 3.75. The quantitative estimate of drug-likeness (QED) is 0.643. The zero-order chi connectivity index (χ0) is 20.1. The highest BCUT2D eigenvalue weighted by atomic mass is 32.1. The van der Waals surface area contributed by atoms with Crippen molar-refractivity contribution in [1.29, 1.82) is 0 Å². The summed E-state index contributed by atoms with van der Waals surface area (Å²) < 4.78 is 10.2. The van der Waals surface area contributed by atoms with Crippen LogP contribution in [-0.2, 0) is 16.1 Å². The Labute approximate surface area is 159 Å². The number of hydrogen-bond donors (Lipinski definition) is 3. The smallest absolute Gasteiger partial charge is 0.342 e. The second kappa shape index (κ2) is 8.54. The number of aryl methyl sites for hydroxylation is 1. The van der Waals surface area contributed by atoms with E-state index in [0.29, 0.717) is 5.56 Å². The van der Waals surface area contributed by atoms with Crippen LogP contribution >= 0.6 is 11.3 Å². The third-order valence-corrected chi connectivity index (χ3v) is 4.81. The summed E-state index contributed by atoms with van der Waals surface area (Å²) in [5.74, 6) is -2.15. The number of aromatic hydroxyl groups is 1. The number of phenols is 1. The van der Waals surface area contributed by atoms with E-state index in [1.165, 1.54) is 13.1 Å². The number of amides is 1. The molecule has 1 aromatic heterocycles. The molecule has 1 amide bonds. The monoisotopic (exact) mass is 392 g/mol. The van der Waals surface area contributed by atoms with Crippen molar-refractivity contribution in [2.75, 3.05) is 19.4 Å². The lowest BCUT2D eigenvalue weighted by Gasteiger charge is -2.10. The molecule has 2 aromatic rings. The molecule has 0 saturated heterocycles. The van der Waals surface area contributed by atoms with E-state index < -0.39 is 17.8 Å². The first-order valence-electron chi connectivity index (χ1n) is 8.07. The molecule has 27 heavy (non-hydrogen) atoms. The molecule has 0 aliphatic carbocycles. The highest BCUT2D eigenvalue weighted by Gasteiger charge is 2.28. The number of hydrogen-bond acceptors (Lipinski definition) is 8. The van der Waals surface area contributed by atoms with Crippen molar-refractivity contribution in [3.8, 4) is 5.75 Å². The van der Waals surface area contributed by atoms with Gasteiger partial charge in [0.15, 0.2) is 0 Å². The predicted molar refractivity (Wildman–Crippen MR) is 100 cm³/mol. The maximum Gasteiger partial charge on any atom is 0.342 e. The van der Waals surface area contributed by atoms with Gasteiger partial charge in [-0.1, -0.05) is 12.1 Å². The number of thiophene rings is 1. The number of nitrogens with two attached hydrogens (primary N) is 1. The van der Waals surface area contributed by atoms with Gasteiger partial charge in [0.25, 0.3) is 5.91 Å². The van der Waals surface area contributed by atoms with Crippen molar-refractivity contribution in [2.45, 2.75) is 20.5 Å². The van der Waals surface area contributed by atoms with Gasteiger partial charge in [-0.25, -0.2) is 9.59 Å². The summed E-state index contributed by atoms with van der Waals surface area (Å²) in [6.07, 6.45) is 0. The molecule has 8 nitrogen and oxygen atoms in total. The largest absolute Gasteiger partial charge is 0.507 e. The van der Waals surface area contributed by atoms with Gasteiger partial charge >= 0.3 is 11.9 Å². The van der Waals surface area contributed by atoms with Crippen LogP contribution in [0.2, 0.25) is 0 Å². The van der Waals surface area contributed by atoms with E-state index in [4.69, 9.17) is 15.2 Å². The number of ether oxygens (including phenoxy) is 2. The summed E-state index contributed by atoms with van der Waals surface area (Å²) in [4.78, 5) is 36.8. The van der Waals surface area contributed by atoms with Crippen molar-refractivity contribution in [3.05, 3.63) is 45.3 Å². The molecule has 4 N–H and O–H groups in total. The Hall–Kier alpha value is -3.07. The first-order chi connectivity index (χ1) is 12.8. The van der Waals surface area contributed by atoms with Crippen LogP contribution in [-0.4, -0.2) is 36.6 Å². The second-order valence-corrected chi connectivity index (χ2v) is 6.55. The minimum atomic E-state index is -0.793. The van der Waals surface area contributed by atoms with Crippen LogP contribution in [0, 0.1) is 6.92 Å². The average Bonchev–Trinajstić information content (AvgIpc) is 2.97. The van der Waals surface area contributed by atoms with Gasteiger partial charge in [-0.2, -0.15) is 0 Å². The Morgan fingerprint density at radius 3 is 2.56 bits per heavy atom. The van der Waals surface area contributed by atoms with Crippen molar-refractivity contribution < 1.29 is 29.0 Å². The van der Waals surface area contributed by atoms with Gasteiger partial charge in [0.1, 0.15) is 33.4 Å². The summed E-state index contributed by atoms with van der Waals surface area (Å²) in [5, 5.41) is 12.6. The molecule has 1 heterocycles. The molecule has 0 unspecified atom stereocenters. The number of carbonyl (C=O) groups is 3. The lowest BCUT2D eigenvalue weighted by atomic mass is 10.1. The average molecular weight is 392 g/mol. The minimum Gasteiger partial charge on any atom is -0.507 e. The molecular weight excluding hydrogens is 372 g/mol. The first-order valence-corrected chi connectivity index (χ1v) is 8.89.